The van der Waals surface area contributed by atoms with E-state index in [9.17, 15) is 18.0 Å². The number of carbonyl (C=O) groups is 1. The first kappa shape index (κ1) is 25.9. The zero-order valence-corrected chi connectivity index (χ0v) is 19.5. The summed E-state index contributed by atoms with van der Waals surface area (Å²) in [6.45, 7) is 7.58. The van der Waals surface area contributed by atoms with Crippen LogP contribution < -0.4 is 5.73 Å². The molecule has 1 aromatic carbocycles. The smallest absolute Gasteiger partial charge is 0.416 e. The number of nitrogens with two attached hydrogens (primary N) is 1. The number of hydrogen-bond donors (Lipinski definition) is 1. The van der Waals surface area contributed by atoms with Crippen LogP contribution in [0.1, 0.15) is 31.9 Å². The molecule has 0 aliphatic carbocycles. The molecule has 1 aliphatic rings. The predicted octanol–water partition coefficient (Wildman–Crippen LogP) is 3.54. The second kappa shape index (κ2) is 10.7. The Morgan fingerprint density at radius 1 is 1.10 bits per heavy atom. The fraction of sp³-hybridized carbons (Fsp3) is 0.500. The van der Waals surface area contributed by atoms with Gasteiger partial charge in [0.2, 0.25) is 0 Å². The molecule has 1 saturated heterocycles. The van der Waals surface area contributed by atoms with Crippen LogP contribution in [-0.4, -0.2) is 60.2 Å². The van der Waals surface area contributed by atoms with Gasteiger partial charge in [-0.25, -0.2) is 9.79 Å². The van der Waals surface area contributed by atoms with Crippen LogP contribution in [0, 0.1) is 11.8 Å². The lowest BCUT2D eigenvalue weighted by Gasteiger charge is -2.36. The molecule has 1 fully saturated rings. The van der Waals surface area contributed by atoms with Crippen LogP contribution in [-0.2, 0) is 10.9 Å². The number of rotatable bonds is 1. The highest BCUT2D eigenvalue weighted by Crippen LogP contribution is 2.28. The van der Waals surface area contributed by atoms with Crippen LogP contribution in [0.5, 0.6) is 0 Å². The zero-order chi connectivity index (χ0) is 21.7. The van der Waals surface area contributed by atoms with Crippen molar-refractivity contribution in [3.05, 3.63) is 35.4 Å². The van der Waals surface area contributed by atoms with Crippen molar-refractivity contribution in [1.82, 2.24) is 9.80 Å². The number of aliphatic imine (C=N–C) groups is 1. The molecule has 1 aliphatic heterocycles. The maximum atomic E-state index is 12.5. The molecule has 0 spiro atoms. The molecule has 166 valence electrons. The third-order valence-electron chi connectivity index (χ3n) is 4.02. The van der Waals surface area contributed by atoms with Gasteiger partial charge in [0, 0.05) is 31.7 Å². The van der Waals surface area contributed by atoms with Crippen molar-refractivity contribution in [2.45, 2.75) is 32.5 Å². The lowest BCUT2D eigenvalue weighted by molar-refractivity contribution is -0.137. The highest BCUT2D eigenvalue weighted by atomic mass is 127. The molecular weight excluding hydrogens is 512 g/mol. The number of benzene rings is 1. The van der Waals surface area contributed by atoms with Crippen LogP contribution in [0.3, 0.4) is 0 Å². The summed E-state index contributed by atoms with van der Waals surface area (Å²) in [6.07, 6.45) is -4.71. The third-order valence-corrected chi connectivity index (χ3v) is 4.02. The first-order chi connectivity index (χ1) is 13.5. The van der Waals surface area contributed by atoms with Gasteiger partial charge in [-0.3, -0.25) is 0 Å². The second-order valence-corrected chi connectivity index (χ2v) is 7.51. The van der Waals surface area contributed by atoms with E-state index in [4.69, 9.17) is 10.5 Å². The van der Waals surface area contributed by atoms with E-state index in [2.05, 4.69) is 16.8 Å². The molecule has 0 aromatic heterocycles. The molecule has 0 unspecified atom stereocenters. The number of hydrogen-bond acceptors (Lipinski definition) is 3. The van der Waals surface area contributed by atoms with Crippen molar-refractivity contribution < 1.29 is 22.7 Å². The lowest BCUT2D eigenvalue weighted by Crippen LogP contribution is -2.53. The summed E-state index contributed by atoms with van der Waals surface area (Å²) < 4.78 is 42.9. The molecule has 0 bridgehead atoms. The second-order valence-electron chi connectivity index (χ2n) is 7.51. The summed E-state index contributed by atoms with van der Waals surface area (Å²) in [4.78, 5) is 19.7. The Morgan fingerprint density at radius 2 is 1.63 bits per heavy atom. The number of guanidine groups is 1. The molecule has 2 N–H and O–H groups in total. The van der Waals surface area contributed by atoms with E-state index in [0.717, 1.165) is 12.1 Å². The summed E-state index contributed by atoms with van der Waals surface area (Å²) in [6, 6.07) is 4.62. The normalized spacial score (nSPS) is 15.1. The Morgan fingerprint density at radius 3 is 2.13 bits per heavy atom. The summed E-state index contributed by atoms with van der Waals surface area (Å²) in [5.41, 5.74) is 5.18. The van der Waals surface area contributed by atoms with Gasteiger partial charge in [-0.2, -0.15) is 13.2 Å². The van der Waals surface area contributed by atoms with Crippen LogP contribution in [0.2, 0.25) is 0 Å². The van der Waals surface area contributed by atoms with Gasteiger partial charge in [-0.15, -0.1) is 24.0 Å². The van der Waals surface area contributed by atoms with Gasteiger partial charge in [0.15, 0.2) is 5.96 Å². The van der Waals surface area contributed by atoms with Crippen molar-refractivity contribution in [3.63, 3.8) is 0 Å². The molecule has 1 heterocycles. The van der Waals surface area contributed by atoms with Gasteiger partial charge in [-0.1, -0.05) is 11.8 Å². The van der Waals surface area contributed by atoms with E-state index >= 15 is 0 Å². The molecule has 1 amide bonds. The topological polar surface area (TPSA) is 71.2 Å². The minimum absolute atomic E-state index is 0. The average molecular weight is 538 g/mol. The van der Waals surface area contributed by atoms with E-state index in [1.165, 1.54) is 12.1 Å². The number of amides is 1. The van der Waals surface area contributed by atoms with Crippen molar-refractivity contribution in [2.24, 2.45) is 10.7 Å². The van der Waals surface area contributed by atoms with Gasteiger partial charge >= 0.3 is 12.3 Å². The quantitative estimate of drug-likeness (QED) is 0.257. The number of halogens is 4. The summed E-state index contributed by atoms with van der Waals surface area (Å²) in [7, 11) is 0. The number of ether oxygens (including phenoxy) is 1. The van der Waals surface area contributed by atoms with Crippen LogP contribution in [0.15, 0.2) is 29.3 Å². The monoisotopic (exact) mass is 538 g/mol. The van der Waals surface area contributed by atoms with Crippen LogP contribution in [0.4, 0.5) is 18.0 Å². The largest absolute Gasteiger partial charge is 0.444 e. The van der Waals surface area contributed by atoms with Gasteiger partial charge in [-0.05, 0) is 45.0 Å². The Labute approximate surface area is 191 Å². The van der Waals surface area contributed by atoms with Gasteiger partial charge in [0.25, 0.3) is 0 Å². The van der Waals surface area contributed by atoms with Crippen LogP contribution in [0.25, 0.3) is 0 Å². The van der Waals surface area contributed by atoms with E-state index in [1.54, 1.807) is 4.90 Å². The summed E-state index contributed by atoms with van der Waals surface area (Å²) in [5, 5.41) is 0. The maximum Gasteiger partial charge on any atom is 0.416 e. The number of piperazine rings is 1. The van der Waals surface area contributed by atoms with Crippen molar-refractivity contribution in [3.8, 4) is 11.8 Å². The molecule has 0 saturated carbocycles. The summed E-state index contributed by atoms with van der Waals surface area (Å²) >= 11 is 0. The number of carbonyl (C=O) groups excluding carboxylic acids is 1. The van der Waals surface area contributed by atoms with E-state index in [-0.39, 0.29) is 36.6 Å². The Balaban J connectivity index is 0.00000450. The average Bonchev–Trinajstić information content (AvgIpc) is 2.63. The highest BCUT2D eigenvalue weighted by molar-refractivity contribution is 14.0. The molecule has 0 radical (unpaired) electrons. The van der Waals surface area contributed by atoms with Gasteiger partial charge in [0.05, 0.1) is 5.56 Å². The molecule has 0 atom stereocenters. The fourth-order valence-electron chi connectivity index (χ4n) is 2.55. The number of alkyl halides is 3. The van der Waals surface area contributed by atoms with Gasteiger partial charge < -0.3 is 20.3 Å². The van der Waals surface area contributed by atoms with E-state index in [1.807, 2.05) is 25.7 Å². The predicted molar refractivity (Wildman–Crippen MR) is 120 cm³/mol. The van der Waals surface area contributed by atoms with Crippen molar-refractivity contribution in [2.75, 3.05) is 32.7 Å². The van der Waals surface area contributed by atoms with Crippen molar-refractivity contribution in [1.29, 1.82) is 0 Å². The molecule has 10 heteroatoms. The van der Waals surface area contributed by atoms with E-state index in [0.29, 0.717) is 37.7 Å². The van der Waals surface area contributed by atoms with Gasteiger partial charge in [0.1, 0.15) is 12.1 Å². The first-order valence-corrected chi connectivity index (χ1v) is 9.14. The lowest BCUT2D eigenvalue weighted by atomic mass is 10.1. The minimum Gasteiger partial charge on any atom is -0.444 e. The molecule has 6 nitrogen and oxygen atoms in total. The minimum atomic E-state index is -4.36. The molecular formula is C20H26F3IN4O2. The van der Waals surface area contributed by atoms with E-state index < -0.39 is 17.3 Å². The zero-order valence-electron chi connectivity index (χ0n) is 17.1. The Hall–Kier alpha value is -2.16. The third kappa shape index (κ3) is 8.30. The fourth-order valence-corrected chi connectivity index (χ4v) is 2.55. The summed E-state index contributed by atoms with van der Waals surface area (Å²) in [5.74, 6) is 5.85. The van der Waals surface area contributed by atoms with Crippen molar-refractivity contribution >= 4 is 36.0 Å². The van der Waals surface area contributed by atoms with Crippen LogP contribution >= 0.6 is 24.0 Å². The Kier molecular flexibility index (Phi) is 9.27. The molecule has 30 heavy (non-hydrogen) atoms. The SMILES string of the molecule is CC(C)(C)OC(=O)N1CCN(C(N)=NCC#Cc2ccc(C(F)(F)F)cc2)CC1.I. The maximum absolute atomic E-state index is 12.5. The highest BCUT2D eigenvalue weighted by Gasteiger charge is 2.30. The molecule has 1 aromatic rings. The standard InChI is InChI=1S/C20H25F3N4O2.HI/c1-19(2,3)29-18(28)27-13-11-26(12-14-27)17(24)25-10-4-5-15-6-8-16(9-7-15)20(21,22)23;/h6-9H,10-14H2,1-3H3,(H2,24,25);1H. The first-order valence-electron chi connectivity index (χ1n) is 9.14. The Bertz CT molecular complexity index is 801. The molecule has 2 rings (SSSR count). The number of nitrogens with zero attached hydrogens (tertiary/aromatic N) is 3.